The highest BCUT2D eigenvalue weighted by molar-refractivity contribution is 8.00. The average Bonchev–Trinajstić information content (AvgIpc) is 2.38. The summed E-state index contributed by atoms with van der Waals surface area (Å²) in [6, 6.07) is 9.38. The van der Waals surface area contributed by atoms with Crippen molar-refractivity contribution in [1.82, 2.24) is 0 Å². The van der Waals surface area contributed by atoms with Crippen LogP contribution in [0.2, 0.25) is 0 Å². The van der Waals surface area contributed by atoms with Gasteiger partial charge in [0, 0.05) is 18.5 Å². The average molecular weight is 255 g/mol. The summed E-state index contributed by atoms with van der Waals surface area (Å²) in [5, 5.41) is 17.8. The van der Waals surface area contributed by atoms with Crippen molar-refractivity contribution >= 4 is 23.4 Å². The van der Waals surface area contributed by atoms with Crippen LogP contribution in [0.1, 0.15) is 0 Å². The molecule has 0 aliphatic rings. The molecule has 1 aromatic carbocycles. The maximum Gasteiger partial charge on any atom is 0.236 e. The smallest absolute Gasteiger partial charge is 0.236 e. The Labute approximate surface area is 105 Å². The first-order valence-corrected chi connectivity index (χ1v) is 6.49. The van der Waals surface area contributed by atoms with Gasteiger partial charge in [0.15, 0.2) is 0 Å². The Balaban J connectivity index is 2.38. The summed E-state index contributed by atoms with van der Waals surface area (Å²) in [7, 11) is 1.72. The molecule has 1 rings (SSSR count). The fourth-order valence-electron chi connectivity index (χ4n) is 1.23. The molecule has 0 saturated carbocycles. The minimum atomic E-state index is -0.755. The number of rotatable bonds is 6. The summed E-state index contributed by atoms with van der Waals surface area (Å²) < 4.78 is 0. The van der Waals surface area contributed by atoms with Crippen molar-refractivity contribution in [2.75, 3.05) is 30.1 Å². The minimum absolute atomic E-state index is 0.0219. The molecule has 94 valence electrons. The summed E-state index contributed by atoms with van der Waals surface area (Å²) in [6.07, 6.45) is -0.755. The third kappa shape index (κ3) is 4.77. The van der Waals surface area contributed by atoms with Gasteiger partial charge < -0.3 is 15.1 Å². The highest BCUT2D eigenvalue weighted by atomic mass is 32.2. The van der Waals surface area contributed by atoms with E-state index in [1.165, 1.54) is 11.8 Å². The predicted molar refractivity (Wildman–Crippen MR) is 70.3 cm³/mol. The summed E-state index contributed by atoms with van der Waals surface area (Å²) in [4.78, 5) is 13.4. The number of nitrogens with zero attached hydrogens (tertiary/aromatic N) is 1. The van der Waals surface area contributed by atoms with Crippen molar-refractivity contribution in [1.29, 1.82) is 0 Å². The zero-order valence-corrected chi connectivity index (χ0v) is 10.6. The molecule has 0 heterocycles. The largest absolute Gasteiger partial charge is 0.394 e. The van der Waals surface area contributed by atoms with Gasteiger partial charge in [-0.25, -0.2) is 0 Å². The van der Waals surface area contributed by atoms with Crippen LogP contribution in [0.5, 0.6) is 0 Å². The van der Waals surface area contributed by atoms with Crippen molar-refractivity contribution in [2.24, 2.45) is 0 Å². The molecule has 0 spiro atoms. The van der Waals surface area contributed by atoms with Gasteiger partial charge >= 0.3 is 0 Å². The molecule has 0 saturated heterocycles. The second-order valence-electron chi connectivity index (χ2n) is 3.64. The van der Waals surface area contributed by atoms with E-state index in [0.717, 1.165) is 5.69 Å². The van der Waals surface area contributed by atoms with Crippen LogP contribution in [0.4, 0.5) is 5.69 Å². The molecular weight excluding hydrogens is 238 g/mol. The maximum absolute atomic E-state index is 11.8. The highest BCUT2D eigenvalue weighted by Crippen LogP contribution is 2.13. The molecule has 0 aromatic heterocycles. The number of anilines is 1. The predicted octanol–water partition coefficient (Wildman–Crippen LogP) is 0.736. The Kier molecular flexibility index (Phi) is 6.04. The molecule has 2 N–H and O–H groups in total. The molecule has 4 nitrogen and oxygen atoms in total. The molecule has 1 aromatic rings. The number of carbonyl (C=O) groups is 1. The lowest BCUT2D eigenvalue weighted by molar-refractivity contribution is -0.115. The van der Waals surface area contributed by atoms with E-state index in [2.05, 4.69) is 0 Å². The number of benzene rings is 1. The number of thioether (sulfide) groups is 1. The van der Waals surface area contributed by atoms with E-state index in [1.807, 2.05) is 30.3 Å². The summed E-state index contributed by atoms with van der Waals surface area (Å²) in [5.41, 5.74) is 0.848. The molecule has 0 radical (unpaired) electrons. The molecule has 5 heteroatoms. The van der Waals surface area contributed by atoms with Crippen molar-refractivity contribution in [3.63, 3.8) is 0 Å². The third-order valence-electron chi connectivity index (χ3n) is 2.26. The second-order valence-corrected chi connectivity index (χ2v) is 4.67. The fourth-order valence-corrected chi connectivity index (χ4v) is 2.09. The van der Waals surface area contributed by atoms with E-state index in [4.69, 9.17) is 10.2 Å². The Morgan fingerprint density at radius 3 is 2.65 bits per heavy atom. The van der Waals surface area contributed by atoms with Crippen molar-refractivity contribution in [2.45, 2.75) is 6.10 Å². The van der Waals surface area contributed by atoms with Gasteiger partial charge in [0.2, 0.25) is 5.91 Å². The number of amides is 1. The summed E-state index contributed by atoms with van der Waals surface area (Å²) >= 11 is 1.32. The van der Waals surface area contributed by atoms with E-state index >= 15 is 0 Å². The van der Waals surface area contributed by atoms with Crippen molar-refractivity contribution in [3.05, 3.63) is 30.3 Å². The Bertz CT molecular complexity index is 345. The van der Waals surface area contributed by atoms with Crippen molar-refractivity contribution in [3.8, 4) is 0 Å². The van der Waals surface area contributed by atoms with Crippen molar-refractivity contribution < 1.29 is 15.0 Å². The number of carbonyl (C=O) groups excluding carboxylic acids is 1. The molecule has 1 unspecified atom stereocenters. The Morgan fingerprint density at radius 2 is 2.06 bits per heavy atom. The van der Waals surface area contributed by atoms with Gasteiger partial charge in [-0.05, 0) is 12.1 Å². The standard InChI is InChI=1S/C12H17NO3S/c1-13(10-5-3-2-4-6-10)12(16)9-17-8-11(15)7-14/h2-6,11,14-15H,7-9H2,1H3. The van der Waals surface area contributed by atoms with Gasteiger partial charge in [-0.2, -0.15) is 0 Å². The second kappa shape index (κ2) is 7.32. The normalized spacial score (nSPS) is 12.2. The molecule has 0 bridgehead atoms. The maximum atomic E-state index is 11.8. The van der Waals surface area contributed by atoms with E-state index in [0.29, 0.717) is 11.5 Å². The number of aliphatic hydroxyl groups is 2. The SMILES string of the molecule is CN(C(=O)CSCC(O)CO)c1ccccc1. The van der Waals surface area contributed by atoms with Gasteiger partial charge in [-0.3, -0.25) is 4.79 Å². The lowest BCUT2D eigenvalue weighted by Gasteiger charge is -2.17. The fraction of sp³-hybridized carbons (Fsp3) is 0.417. The number of aliphatic hydroxyl groups excluding tert-OH is 2. The molecular formula is C12H17NO3S. The lowest BCUT2D eigenvalue weighted by atomic mass is 10.3. The molecule has 0 aliphatic carbocycles. The highest BCUT2D eigenvalue weighted by Gasteiger charge is 2.11. The topological polar surface area (TPSA) is 60.8 Å². The number of para-hydroxylation sites is 1. The zero-order chi connectivity index (χ0) is 12.7. The first kappa shape index (κ1) is 14.0. The number of hydrogen-bond donors (Lipinski definition) is 2. The Morgan fingerprint density at radius 1 is 1.41 bits per heavy atom. The molecule has 0 fully saturated rings. The van der Waals surface area contributed by atoms with E-state index in [1.54, 1.807) is 11.9 Å². The summed E-state index contributed by atoms with van der Waals surface area (Å²) in [6.45, 7) is -0.268. The van der Waals surface area contributed by atoms with Gasteiger partial charge in [0.25, 0.3) is 0 Å². The quantitative estimate of drug-likeness (QED) is 0.787. The Hall–Kier alpha value is -1.04. The van der Waals surface area contributed by atoms with Crippen LogP contribution in [-0.2, 0) is 4.79 Å². The van der Waals surface area contributed by atoms with E-state index < -0.39 is 6.10 Å². The first-order valence-electron chi connectivity index (χ1n) is 5.33. The number of hydrogen-bond acceptors (Lipinski definition) is 4. The van der Waals surface area contributed by atoms with Gasteiger partial charge in [0.05, 0.1) is 18.5 Å². The first-order chi connectivity index (χ1) is 8.15. The van der Waals surface area contributed by atoms with Crippen LogP contribution in [0, 0.1) is 0 Å². The molecule has 1 amide bonds. The lowest BCUT2D eigenvalue weighted by Crippen LogP contribution is -2.28. The zero-order valence-electron chi connectivity index (χ0n) is 9.74. The van der Waals surface area contributed by atoms with E-state index in [-0.39, 0.29) is 12.5 Å². The van der Waals surface area contributed by atoms with Crippen LogP contribution >= 0.6 is 11.8 Å². The van der Waals surface area contributed by atoms with Crippen LogP contribution in [-0.4, -0.2) is 47.4 Å². The molecule has 1 atom stereocenters. The van der Waals surface area contributed by atoms with Crippen LogP contribution in [0.15, 0.2) is 30.3 Å². The minimum Gasteiger partial charge on any atom is -0.394 e. The van der Waals surface area contributed by atoms with Gasteiger partial charge in [-0.1, -0.05) is 18.2 Å². The summed E-state index contributed by atoms with van der Waals surface area (Å²) in [5.74, 6) is 0.638. The van der Waals surface area contributed by atoms with Gasteiger partial charge in [-0.15, -0.1) is 11.8 Å². The van der Waals surface area contributed by atoms with E-state index in [9.17, 15) is 4.79 Å². The molecule has 0 aliphatic heterocycles. The third-order valence-corrected chi connectivity index (χ3v) is 3.34. The van der Waals surface area contributed by atoms with Crippen LogP contribution in [0.3, 0.4) is 0 Å². The van der Waals surface area contributed by atoms with Gasteiger partial charge in [0.1, 0.15) is 0 Å². The molecule has 17 heavy (non-hydrogen) atoms. The van der Waals surface area contributed by atoms with Crippen LogP contribution in [0.25, 0.3) is 0 Å². The monoisotopic (exact) mass is 255 g/mol. The van der Waals surface area contributed by atoms with Crippen LogP contribution < -0.4 is 4.90 Å².